The van der Waals surface area contributed by atoms with Crippen LogP contribution in [0.5, 0.6) is 5.75 Å². The fourth-order valence-electron chi connectivity index (χ4n) is 2.61. The van der Waals surface area contributed by atoms with Crippen LogP contribution in [0, 0.1) is 0 Å². The Balaban J connectivity index is 1.81. The van der Waals surface area contributed by atoms with Gasteiger partial charge in [0.1, 0.15) is 18.1 Å². The number of rotatable bonds is 7. The van der Waals surface area contributed by atoms with E-state index >= 15 is 0 Å². The van der Waals surface area contributed by atoms with E-state index in [9.17, 15) is 14.7 Å². The van der Waals surface area contributed by atoms with Crippen LogP contribution in [0.4, 0.5) is 0 Å². The second kappa shape index (κ2) is 9.71. The number of carbonyl (C=O) groups excluding carboxylic acids is 1. The quantitative estimate of drug-likeness (QED) is 0.501. The topological polar surface area (TPSA) is 75.6 Å². The number of para-hydroxylation sites is 1. The number of amides is 1. The zero-order valence-corrected chi connectivity index (χ0v) is 16.9. The van der Waals surface area contributed by atoms with Gasteiger partial charge >= 0.3 is 5.97 Å². The summed E-state index contributed by atoms with van der Waals surface area (Å²) in [4.78, 5) is 24.0. The standard InChI is InChI=1S/C23H18BrNO4/c24-19-11-6-7-16(13-19)15-29-21-12-5-4-10-18(21)14-20(23(27)28)25-22(26)17-8-2-1-3-9-17/h1-14H,15H2,(H,25,26)(H,27,28). The molecule has 0 atom stereocenters. The summed E-state index contributed by atoms with van der Waals surface area (Å²) in [5.74, 6) is -1.22. The average molecular weight is 452 g/mol. The molecule has 5 nitrogen and oxygen atoms in total. The van der Waals surface area contributed by atoms with Gasteiger partial charge in [0.15, 0.2) is 0 Å². The van der Waals surface area contributed by atoms with Crippen molar-refractivity contribution < 1.29 is 19.4 Å². The van der Waals surface area contributed by atoms with Gasteiger partial charge in [-0.05, 0) is 42.0 Å². The lowest BCUT2D eigenvalue weighted by Crippen LogP contribution is -2.27. The number of hydrogen-bond donors (Lipinski definition) is 2. The van der Waals surface area contributed by atoms with E-state index in [0.717, 1.165) is 10.0 Å². The summed E-state index contributed by atoms with van der Waals surface area (Å²) in [6, 6.07) is 23.2. The van der Waals surface area contributed by atoms with Crippen LogP contribution < -0.4 is 10.1 Å². The van der Waals surface area contributed by atoms with Gasteiger partial charge in [-0.2, -0.15) is 0 Å². The highest BCUT2D eigenvalue weighted by Crippen LogP contribution is 2.22. The van der Waals surface area contributed by atoms with Crippen LogP contribution in [0.2, 0.25) is 0 Å². The normalized spacial score (nSPS) is 11.0. The zero-order chi connectivity index (χ0) is 20.6. The van der Waals surface area contributed by atoms with Crippen molar-refractivity contribution in [3.8, 4) is 5.75 Å². The van der Waals surface area contributed by atoms with E-state index in [0.29, 0.717) is 23.5 Å². The van der Waals surface area contributed by atoms with Crippen molar-refractivity contribution in [1.29, 1.82) is 0 Å². The Kier molecular flexibility index (Phi) is 6.81. The Bertz CT molecular complexity index is 1050. The first-order chi connectivity index (χ1) is 14.0. The minimum Gasteiger partial charge on any atom is -0.488 e. The number of carbonyl (C=O) groups is 2. The lowest BCUT2D eigenvalue weighted by atomic mass is 10.1. The number of halogens is 1. The van der Waals surface area contributed by atoms with Gasteiger partial charge in [-0.3, -0.25) is 4.79 Å². The Morgan fingerprint density at radius 2 is 1.69 bits per heavy atom. The molecule has 0 aliphatic heterocycles. The van der Waals surface area contributed by atoms with E-state index in [1.54, 1.807) is 54.6 Å². The smallest absolute Gasteiger partial charge is 0.352 e. The van der Waals surface area contributed by atoms with Crippen LogP contribution in [0.3, 0.4) is 0 Å². The number of carboxylic acids is 1. The number of aliphatic carboxylic acids is 1. The maximum atomic E-state index is 12.3. The third-order valence-corrected chi connectivity index (χ3v) is 4.51. The molecule has 0 unspecified atom stereocenters. The average Bonchev–Trinajstić information content (AvgIpc) is 2.73. The Labute approximate surface area is 176 Å². The van der Waals surface area contributed by atoms with Crippen LogP contribution in [0.1, 0.15) is 21.5 Å². The molecule has 3 rings (SSSR count). The van der Waals surface area contributed by atoms with Crippen LogP contribution in [0.15, 0.2) is 89.0 Å². The predicted octanol–water partition coefficient (Wildman–Crippen LogP) is 4.88. The summed E-state index contributed by atoms with van der Waals surface area (Å²) < 4.78 is 6.83. The molecule has 1 amide bonds. The van der Waals surface area contributed by atoms with Gasteiger partial charge in [-0.15, -0.1) is 0 Å². The molecule has 0 heterocycles. The molecule has 6 heteroatoms. The van der Waals surface area contributed by atoms with Gasteiger partial charge in [0.25, 0.3) is 5.91 Å². The summed E-state index contributed by atoms with van der Waals surface area (Å²) in [5.41, 5.74) is 1.65. The Morgan fingerprint density at radius 3 is 2.41 bits per heavy atom. The van der Waals surface area contributed by atoms with Crippen molar-refractivity contribution >= 4 is 33.9 Å². The third kappa shape index (κ3) is 5.80. The van der Waals surface area contributed by atoms with Crippen LogP contribution in [-0.2, 0) is 11.4 Å². The second-order valence-corrected chi connectivity index (χ2v) is 7.06. The van der Waals surface area contributed by atoms with Crippen molar-refractivity contribution in [1.82, 2.24) is 5.32 Å². The molecule has 0 aliphatic carbocycles. The molecule has 0 spiro atoms. The summed E-state index contributed by atoms with van der Waals surface area (Å²) >= 11 is 3.42. The molecular weight excluding hydrogens is 434 g/mol. The van der Waals surface area contributed by atoms with Gasteiger partial charge in [0.2, 0.25) is 0 Å². The van der Waals surface area contributed by atoms with Gasteiger partial charge in [0, 0.05) is 15.6 Å². The highest BCUT2D eigenvalue weighted by Gasteiger charge is 2.14. The molecule has 0 aliphatic rings. The summed E-state index contributed by atoms with van der Waals surface area (Å²) in [5, 5.41) is 12.0. The summed E-state index contributed by atoms with van der Waals surface area (Å²) in [6.45, 7) is 0.322. The van der Waals surface area contributed by atoms with Crippen molar-refractivity contribution in [2.24, 2.45) is 0 Å². The van der Waals surface area contributed by atoms with E-state index in [1.165, 1.54) is 6.08 Å². The van der Waals surface area contributed by atoms with Crippen molar-refractivity contribution in [2.45, 2.75) is 6.61 Å². The number of benzene rings is 3. The third-order valence-electron chi connectivity index (χ3n) is 4.02. The minimum absolute atomic E-state index is 0.239. The molecule has 146 valence electrons. The molecule has 0 saturated carbocycles. The van der Waals surface area contributed by atoms with E-state index in [-0.39, 0.29) is 5.70 Å². The highest BCUT2D eigenvalue weighted by atomic mass is 79.9. The lowest BCUT2D eigenvalue weighted by Gasteiger charge is -2.11. The molecule has 0 aromatic heterocycles. The summed E-state index contributed by atoms with van der Waals surface area (Å²) in [7, 11) is 0. The molecule has 0 saturated heterocycles. The number of carboxylic acid groups (broad SMARTS) is 1. The van der Waals surface area contributed by atoms with E-state index in [1.807, 2.05) is 24.3 Å². The van der Waals surface area contributed by atoms with Gasteiger partial charge in [-0.1, -0.05) is 64.5 Å². The van der Waals surface area contributed by atoms with Gasteiger partial charge in [-0.25, -0.2) is 4.79 Å². The molecule has 2 N–H and O–H groups in total. The summed E-state index contributed by atoms with van der Waals surface area (Å²) in [6.07, 6.45) is 1.39. The van der Waals surface area contributed by atoms with Crippen LogP contribution in [0.25, 0.3) is 6.08 Å². The second-order valence-electron chi connectivity index (χ2n) is 6.14. The van der Waals surface area contributed by atoms with E-state index < -0.39 is 11.9 Å². The fourth-order valence-corrected chi connectivity index (χ4v) is 3.06. The maximum Gasteiger partial charge on any atom is 0.352 e. The Morgan fingerprint density at radius 1 is 0.966 bits per heavy atom. The van der Waals surface area contributed by atoms with Crippen molar-refractivity contribution in [3.05, 3.63) is 106 Å². The van der Waals surface area contributed by atoms with Crippen LogP contribution in [-0.4, -0.2) is 17.0 Å². The Hall–Kier alpha value is -3.38. The van der Waals surface area contributed by atoms with Gasteiger partial charge in [0.05, 0.1) is 0 Å². The first-order valence-electron chi connectivity index (χ1n) is 8.80. The number of hydrogen-bond acceptors (Lipinski definition) is 3. The van der Waals surface area contributed by atoms with Gasteiger partial charge < -0.3 is 15.2 Å². The predicted molar refractivity (Wildman–Crippen MR) is 114 cm³/mol. The monoisotopic (exact) mass is 451 g/mol. The highest BCUT2D eigenvalue weighted by molar-refractivity contribution is 9.10. The molecule has 0 bridgehead atoms. The lowest BCUT2D eigenvalue weighted by molar-refractivity contribution is -0.132. The zero-order valence-electron chi connectivity index (χ0n) is 15.3. The maximum absolute atomic E-state index is 12.3. The molecule has 0 fully saturated rings. The molecule has 3 aromatic carbocycles. The van der Waals surface area contributed by atoms with Crippen LogP contribution >= 0.6 is 15.9 Å². The van der Waals surface area contributed by atoms with E-state index in [4.69, 9.17) is 4.74 Å². The largest absolute Gasteiger partial charge is 0.488 e. The SMILES string of the molecule is O=C(O)C(=Cc1ccccc1OCc1cccc(Br)c1)NC(=O)c1ccccc1. The van der Waals surface area contributed by atoms with Crippen molar-refractivity contribution in [3.63, 3.8) is 0 Å². The number of nitrogens with one attached hydrogen (secondary N) is 1. The molecule has 29 heavy (non-hydrogen) atoms. The fraction of sp³-hybridized carbons (Fsp3) is 0.0435. The minimum atomic E-state index is -1.24. The van der Waals surface area contributed by atoms with Crippen molar-refractivity contribution in [2.75, 3.05) is 0 Å². The molecule has 3 aromatic rings. The number of ether oxygens (including phenoxy) is 1. The first kappa shape index (κ1) is 20.4. The first-order valence-corrected chi connectivity index (χ1v) is 9.60. The molecule has 0 radical (unpaired) electrons. The molecular formula is C23H18BrNO4. The van der Waals surface area contributed by atoms with E-state index in [2.05, 4.69) is 21.2 Å².